The van der Waals surface area contributed by atoms with E-state index < -0.39 is 0 Å². The second-order valence-corrected chi connectivity index (χ2v) is 4.15. The molecule has 0 radical (unpaired) electrons. The fraction of sp³-hybridized carbons (Fsp3) is 0.143. The van der Waals surface area contributed by atoms with Gasteiger partial charge in [0.25, 0.3) is 0 Å². The predicted molar refractivity (Wildman–Crippen MR) is 73.4 cm³/mol. The van der Waals surface area contributed by atoms with Crippen molar-refractivity contribution in [2.24, 2.45) is 0 Å². The van der Waals surface area contributed by atoms with Crippen LogP contribution in [0.4, 0.5) is 0 Å². The molecule has 0 saturated carbocycles. The summed E-state index contributed by atoms with van der Waals surface area (Å²) in [7, 11) is 0. The number of nitrogens with zero attached hydrogens (tertiary/aromatic N) is 1. The zero-order chi connectivity index (χ0) is 13.5. The Morgan fingerprint density at radius 3 is 2.84 bits per heavy atom. The zero-order valence-electron chi connectivity index (χ0n) is 10.2. The molecule has 0 saturated heterocycles. The van der Waals surface area contributed by atoms with Crippen molar-refractivity contribution in [2.45, 2.75) is 12.4 Å². The topological polar surface area (TPSA) is 55.1 Å². The third kappa shape index (κ3) is 4.26. The summed E-state index contributed by atoms with van der Waals surface area (Å²) in [4.78, 5) is 11.6. The molecular weight excluding hydrogens is 264 g/mol. The molecule has 98 valence electrons. The average Bonchev–Trinajstić information content (AvgIpc) is 2.92. The highest BCUT2D eigenvalue weighted by Gasteiger charge is 2.03. The molecule has 0 aliphatic rings. The summed E-state index contributed by atoms with van der Waals surface area (Å²) >= 11 is 5.60. The van der Waals surface area contributed by atoms with Crippen molar-refractivity contribution < 1.29 is 9.32 Å². The van der Waals surface area contributed by atoms with Gasteiger partial charge in [0.15, 0.2) is 5.76 Å². The monoisotopic (exact) mass is 276 g/mol. The Labute approximate surface area is 116 Å². The van der Waals surface area contributed by atoms with Crippen molar-refractivity contribution in [3.05, 3.63) is 59.5 Å². The number of benzene rings is 1. The molecule has 0 aliphatic carbocycles. The lowest BCUT2D eigenvalue weighted by Crippen LogP contribution is -2.19. The van der Waals surface area contributed by atoms with Crippen LogP contribution in [0.2, 0.25) is 0 Å². The first-order valence-electron chi connectivity index (χ1n) is 5.79. The second-order valence-electron chi connectivity index (χ2n) is 3.88. The summed E-state index contributed by atoms with van der Waals surface area (Å²) in [6, 6.07) is 11.3. The molecule has 1 aromatic carbocycles. The van der Waals surface area contributed by atoms with Crippen molar-refractivity contribution in [2.75, 3.05) is 0 Å². The van der Waals surface area contributed by atoms with Gasteiger partial charge in [-0.15, -0.1) is 11.6 Å². The number of carbonyl (C=O) groups excluding carboxylic acids is 1. The van der Waals surface area contributed by atoms with E-state index in [1.54, 1.807) is 12.1 Å². The van der Waals surface area contributed by atoms with Crippen LogP contribution >= 0.6 is 11.6 Å². The molecule has 0 unspecified atom stereocenters. The van der Waals surface area contributed by atoms with Gasteiger partial charge in [-0.2, -0.15) is 0 Å². The number of hydrogen-bond acceptors (Lipinski definition) is 3. The van der Waals surface area contributed by atoms with Gasteiger partial charge in [0, 0.05) is 12.1 Å². The van der Waals surface area contributed by atoms with Crippen LogP contribution in [0.15, 0.2) is 47.0 Å². The quantitative estimate of drug-likeness (QED) is 0.675. The molecular formula is C14H13ClN2O2. The maximum Gasteiger partial charge on any atom is 0.244 e. The van der Waals surface area contributed by atoms with E-state index in [1.165, 1.54) is 6.08 Å². The van der Waals surface area contributed by atoms with E-state index >= 15 is 0 Å². The Morgan fingerprint density at radius 2 is 2.16 bits per heavy atom. The molecule has 1 amide bonds. The van der Waals surface area contributed by atoms with Crippen LogP contribution in [-0.4, -0.2) is 11.1 Å². The van der Waals surface area contributed by atoms with Crippen molar-refractivity contribution in [3.8, 4) is 0 Å². The summed E-state index contributed by atoms with van der Waals surface area (Å²) in [6.07, 6.45) is 3.23. The van der Waals surface area contributed by atoms with Crippen LogP contribution in [0.5, 0.6) is 0 Å². The number of hydrogen-bond donors (Lipinski definition) is 1. The van der Waals surface area contributed by atoms with Gasteiger partial charge in [0.2, 0.25) is 5.91 Å². The Bertz CT molecular complexity index is 564. The number of halogens is 1. The van der Waals surface area contributed by atoms with Gasteiger partial charge in [-0.05, 0) is 11.6 Å². The summed E-state index contributed by atoms with van der Waals surface area (Å²) < 4.78 is 5.00. The van der Waals surface area contributed by atoms with Crippen LogP contribution in [-0.2, 0) is 17.2 Å². The van der Waals surface area contributed by atoms with E-state index in [-0.39, 0.29) is 5.91 Å². The smallest absolute Gasteiger partial charge is 0.244 e. The maximum atomic E-state index is 11.6. The first-order chi connectivity index (χ1) is 9.28. The highest BCUT2D eigenvalue weighted by molar-refractivity contribution is 6.16. The molecule has 4 nitrogen and oxygen atoms in total. The zero-order valence-corrected chi connectivity index (χ0v) is 10.9. The minimum atomic E-state index is -0.187. The maximum absolute atomic E-state index is 11.6. The van der Waals surface area contributed by atoms with Gasteiger partial charge >= 0.3 is 0 Å². The minimum absolute atomic E-state index is 0.187. The van der Waals surface area contributed by atoms with Crippen LogP contribution < -0.4 is 5.32 Å². The van der Waals surface area contributed by atoms with Crippen molar-refractivity contribution in [1.82, 2.24) is 10.5 Å². The second kappa shape index (κ2) is 6.75. The molecule has 2 rings (SSSR count). The van der Waals surface area contributed by atoms with Crippen LogP contribution in [0.3, 0.4) is 0 Å². The molecule has 5 heteroatoms. The minimum Gasteiger partial charge on any atom is -0.359 e. The number of amides is 1. The van der Waals surface area contributed by atoms with Gasteiger partial charge < -0.3 is 9.84 Å². The molecule has 0 atom stereocenters. The number of alkyl halides is 1. The fourth-order valence-electron chi connectivity index (χ4n) is 1.47. The highest BCUT2D eigenvalue weighted by Crippen LogP contribution is 2.05. The molecule has 2 aromatic rings. The molecule has 0 spiro atoms. The highest BCUT2D eigenvalue weighted by atomic mass is 35.5. The van der Waals surface area contributed by atoms with Gasteiger partial charge in [0.05, 0.1) is 18.1 Å². The Morgan fingerprint density at radius 1 is 1.37 bits per heavy atom. The summed E-state index contributed by atoms with van der Waals surface area (Å²) in [5.41, 5.74) is 1.63. The number of aromatic nitrogens is 1. The summed E-state index contributed by atoms with van der Waals surface area (Å²) in [5.74, 6) is 0.690. The Hall–Kier alpha value is -2.07. The van der Waals surface area contributed by atoms with Crippen molar-refractivity contribution >= 4 is 23.6 Å². The predicted octanol–water partition coefficient (Wildman–Crippen LogP) is 2.74. The fourth-order valence-corrected chi connectivity index (χ4v) is 1.60. The van der Waals surface area contributed by atoms with Crippen molar-refractivity contribution in [3.63, 3.8) is 0 Å². The average molecular weight is 277 g/mol. The van der Waals surface area contributed by atoms with E-state index in [4.69, 9.17) is 16.1 Å². The van der Waals surface area contributed by atoms with Crippen LogP contribution in [0.25, 0.3) is 6.08 Å². The Balaban J connectivity index is 1.83. The number of rotatable bonds is 5. The van der Waals surface area contributed by atoms with Crippen molar-refractivity contribution in [1.29, 1.82) is 0 Å². The van der Waals surface area contributed by atoms with E-state index in [9.17, 15) is 4.79 Å². The summed E-state index contributed by atoms with van der Waals surface area (Å²) in [5, 5.41) is 6.43. The van der Waals surface area contributed by atoms with Gasteiger partial charge in [-0.25, -0.2) is 0 Å². The largest absolute Gasteiger partial charge is 0.359 e. The lowest BCUT2D eigenvalue weighted by Gasteiger charge is -1.97. The Kier molecular flexibility index (Phi) is 4.75. The molecule has 1 N–H and O–H groups in total. The number of nitrogens with one attached hydrogen (secondary N) is 1. The van der Waals surface area contributed by atoms with Gasteiger partial charge in [0.1, 0.15) is 0 Å². The van der Waals surface area contributed by atoms with Gasteiger partial charge in [-0.1, -0.05) is 35.5 Å². The molecule has 1 aromatic heterocycles. The molecule has 1 heterocycles. The van der Waals surface area contributed by atoms with E-state index in [1.807, 2.05) is 30.3 Å². The first-order valence-corrected chi connectivity index (χ1v) is 6.33. The van der Waals surface area contributed by atoms with Crippen LogP contribution in [0, 0.1) is 0 Å². The third-order valence-electron chi connectivity index (χ3n) is 2.41. The number of carbonyl (C=O) groups is 1. The van der Waals surface area contributed by atoms with E-state index in [0.717, 1.165) is 5.56 Å². The summed E-state index contributed by atoms with van der Waals surface area (Å²) in [6.45, 7) is 0.294. The third-order valence-corrected chi connectivity index (χ3v) is 2.68. The molecule has 0 bridgehead atoms. The molecule has 0 aliphatic heterocycles. The molecule has 0 fully saturated rings. The lowest BCUT2D eigenvalue weighted by molar-refractivity contribution is -0.116. The standard InChI is InChI=1S/C14H13ClN2O2/c15-9-12-8-13(19-17-12)10-16-14(18)7-6-11-4-2-1-3-5-11/h1-8H,9-10H2,(H,16,18). The lowest BCUT2D eigenvalue weighted by atomic mass is 10.2. The van der Waals surface area contributed by atoms with E-state index in [0.29, 0.717) is 23.9 Å². The van der Waals surface area contributed by atoms with Crippen LogP contribution in [0.1, 0.15) is 17.0 Å². The first kappa shape index (κ1) is 13.4. The van der Waals surface area contributed by atoms with E-state index in [2.05, 4.69) is 10.5 Å². The normalized spacial score (nSPS) is 10.8. The molecule has 19 heavy (non-hydrogen) atoms. The SMILES string of the molecule is O=C(C=Cc1ccccc1)NCc1cc(CCl)no1. The van der Waals surface area contributed by atoms with Gasteiger partial charge in [-0.3, -0.25) is 4.79 Å².